The molecule has 0 radical (unpaired) electrons. The molecule has 2 heterocycles. The van der Waals surface area contributed by atoms with Crippen LogP contribution >= 0.6 is 0 Å². The quantitative estimate of drug-likeness (QED) is 0.612. The van der Waals surface area contributed by atoms with Crippen molar-refractivity contribution in [1.29, 1.82) is 0 Å². The van der Waals surface area contributed by atoms with E-state index in [1.54, 1.807) is 0 Å². The Hall–Kier alpha value is -2.93. The van der Waals surface area contributed by atoms with Crippen LogP contribution in [0.15, 0.2) is 28.0 Å². The minimum Gasteiger partial charge on any atom is -0.395 e. The van der Waals surface area contributed by atoms with Crippen LogP contribution in [0.1, 0.15) is 63.3 Å². The molecule has 0 bridgehead atoms. The van der Waals surface area contributed by atoms with E-state index < -0.39 is 0 Å². The number of aliphatic hydroxyl groups is 1. The normalized spacial score (nSPS) is 12.5. The Morgan fingerprint density at radius 1 is 1.26 bits per heavy atom. The molecular formula is C24H33N5O2. The molecule has 0 amide bonds. The topological polar surface area (TPSA) is 86.0 Å². The van der Waals surface area contributed by atoms with Gasteiger partial charge >= 0.3 is 0 Å². The summed E-state index contributed by atoms with van der Waals surface area (Å²) in [5, 5.41) is 13.5. The molecule has 0 atom stereocenters. The van der Waals surface area contributed by atoms with E-state index in [-0.39, 0.29) is 24.0 Å². The molecule has 2 aromatic heterocycles. The molecule has 0 saturated heterocycles. The van der Waals surface area contributed by atoms with E-state index >= 15 is 0 Å². The van der Waals surface area contributed by atoms with Gasteiger partial charge in [0.15, 0.2) is 5.65 Å². The fraction of sp³-hybridized carbons (Fsp3) is 0.458. The van der Waals surface area contributed by atoms with E-state index in [0.717, 1.165) is 34.7 Å². The van der Waals surface area contributed by atoms with Crippen molar-refractivity contribution in [1.82, 2.24) is 14.6 Å². The van der Waals surface area contributed by atoms with Gasteiger partial charge in [-0.1, -0.05) is 34.3 Å². The first-order valence-electron chi connectivity index (χ1n) is 10.9. The largest absolute Gasteiger partial charge is 0.395 e. The van der Waals surface area contributed by atoms with Crippen molar-refractivity contribution in [3.8, 4) is 0 Å². The highest BCUT2D eigenvalue weighted by atomic mass is 16.3. The lowest BCUT2D eigenvalue weighted by atomic mass is 9.96. The van der Waals surface area contributed by atoms with Crippen molar-refractivity contribution in [2.75, 3.05) is 24.6 Å². The maximum absolute atomic E-state index is 13.2. The van der Waals surface area contributed by atoms with Crippen LogP contribution < -0.4 is 21.2 Å². The number of nitrogens with one attached hydrogen (secondary N) is 1. The van der Waals surface area contributed by atoms with Gasteiger partial charge in [-0.25, -0.2) is 9.98 Å². The maximum atomic E-state index is 13.2. The van der Waals surface area contributed by atoms with Gasteiger partial charge in [0, 0.05) is 24.3 Å². The smallest absolute Gasteiger partial charge is 0.276 e. The molecule has 0 unspecified atom stereocenters. The van der Waals surface area contributed by atoms with Gasteiger partial charge in [-0.05, 0) is 49.4 Å². The number of benzene rings is 1. The van der Waals surface area contributed by atoms with Gasteiger partial charge in [-0.3, -0.25) is 9.89 Å². The van der Waals surface area contributed by atoms with Gasteiger partial charge in [-0.2, -0.15) is 4.52 Å². The predicted molar refractivity (Wildman–Crippen MR) is 126 cm³/mol. The van der Waals surface area contributed by atoms with Crippen molar-refractivity contribution in [3.63, 3.8) is 0 Å². The number of hydrogen-bond acceptors (Lipinski definition) is 5. The Bertz CT molecular complexity index is 1250. The average Bonchev–Trinajstić information content (AvgIpc) is 3.03. The number of anilines is 1. The molecule has 31 heavy (non-hydrogen) atoms. The number of rotatable bonds is 7. The molecule has 7 nitrogen and oxygen atoms in total. The number of nitrogens with zero attached hydrogens (tertiary/aromatic N) is 4. The van der Waals surface area contributed by atoms with Gasteiger partial charge in [0.1, 0.15) is 5.36 Å². The average molecular weight is 424 g/mol. The molecule has 1 aromatic carbocycles. The monoisotopic (exact) mass is 423 g/mol. The first-order valence-corrected chi connectivity index (χ1v) is 10.9. The molecule has 0 saturated carbocycles. The van der Waals surface area contributed by atoms with Gasteiger partial charge < -0.3 is 10.0 Å². The van der Waals surface area contributed by atoms with Crippen molar-refractivity contribution in [3.05, 3.63) is 56.1 Å². The van der Waals surface area contributed by atoms with Crippen LogP contribution in [0.3, 0.4) is 0 Å². The molecule has 3 rings (SSSR count). The Morgan fingerprint density at radius 3 is 2.52 bits per heavy atom. The number of hydrogen-bond donors (Lipinski definition) is 2. The second kappa shape index (κ2) is 9.06. The third-order valence-electron chi connectivity index (χ3n) is 5.55. The van der Waals surface area contributed by atoms with Crippen molar-refractivity contribution in [2.45, 2.75) is 53.4 Å². The number of aliphatic hydroxyl groups excluding tert-OH is 1. The lowest BCUT2D eigenvalue weighted by Gasteiger charge is -2.22. The van der Waals surface area contributed by atoms with Crippen LogP contribution in [-0.2, 0) is 0 Å². The van der Waals surface area contributed by atoms with Crippen molar-refractivity contribution in [2.24, 2.45) is 4.99 Å². The molecule has 7 heteroatoms. The van der Waals surface area contributed by atoms with Crippen LogP contribution in [0.2, 0.25) is 0 Å². The van der Waals surface area contributed by atoms with E-state index in [2.05, 4.69) is 29.6 Å². The summed E-state index contributed by atoms with van der Waals surface area (Å²) in [6, 6.07) is 6.02. The Morgan fingerprint density at radius 2 is 1.97 bits per heavy atom. The summed E-state index contributed by atoms with van der Waals surface area (Å²) in [7, 11) is 0. The molecule has 0 spiro atoms. The zero-order valence-electron chi connectivity index (χ0n) is 19.4. The maximum Gasteiger partial charge on any atom is 0.276 e. The van der Waals surface area contributed by atoms with Crippen LogP contribution in [0, 0.1) is 6.92 Å². The van der Waals surface area contributed by atoms with Gasteiger partial charge in [0.2, 0.25) is 0 Å². The Balaban J connectivity index is 2.23. The predicted octanol–water partition coefficient (Wildman–Crippen LogP) is 2.76. The first kappa shape index (κ1) is 22.7. The number of aromatic nitrogens is 3. The van der Waals surface area contributed by atoms with E-state index in [1.807, 2.05) is 46.8 Å². The third kappa shape index (κ3) is 4.28. The molecular weight excluding hydrogens is 390 g/mol. The number of H-pyrrole nitrogens is 1. The highest BCUT2D eigenvalue weighted by Crippen LogP contribution is 2.25. The molecule has 0 fully saturated rings. The number of aryl methyl sites for hydroxylation is 1. The summed E-state index contributed by atoms with van der Waals surface area (Å²) < 4.78 is 1.46. The standard InChI is InChI=1S/C24H33N5O2/c1-8-28(11-12-30)18-9-10-19(16(6)13-18)25-22-17(7)27-29-23(22)26-21(15(4)5)20(14(2)3)24(29)31/h9-10,13-15,27,30H,7-8,11-12H2,1-6H3. The minimum atomic E-state index is -0.0929. The third-order valence-corrected chi connectivity index (χ3v) is 5.55. The summed E-state index contributed by atoms with van der Waals surface area (Å²) in [5.41, 5.74) is 4.78. The molecule has 166 valence electrons. The number of likely N-dealkylation sites (N-methyl/N-ethyl adjacent to an activating group) is 1. The summed E-state index contributed by atoms with van der Waals surface area (Å²) in [6.07, 6.45) is 0. The van der Waals surface area contributed by atoms with Crippen molar-refractivity contribution < 1.29 is 5.11 Å². The summed E-state index contributed by atoms with van der Waals surface area (Å²) >= 11 is 0. The first-order chi connectivity index (χ1) is 14.7. The highest BCUT2D eigenvalue weighted by molar-refractivity contribution is 5.58. The zero-order valence-corrected chi connectivity index (χ0v) is 19.4. The van der Waals surface area contributed by atoms with E-state index in [1.165, 1.54) is 4.52 Å². The van der Waals surface area contributed by atoms with Gasteiger partial charge in [-0.15, -0.1) is 0 Å². The summed E-state index contributed by atoms with van der Waals surface area (Å²) in [4.78, 5) is 25.0. The number of aromatic amines is 1. The van der Waals surface area contributed by atoms with Crippen LogP contribution in [0.4, 0.5) is 11.4 Å². The van der Waals surface area contributed by atoms with E-state index in [0.29, 0.717) is 22.9 Å². The second-order valence-corrected chi connectivity index (χ2v) is 8.51. The molecule has 3 aromatic rings. The Kier molecular flexibility index (Phi) is 6.65. The van der Waals surface area contributed by atoms with E-state index in [4.69, 9.17) is 9.98 Å². The number of fused-ring (bicyclic) bond motifs is 1. The Labute approximate surface area is 182 Å². The van der Waals surface area contributed by atoms with Crippen LogP contribution in [-0.4, -0.2) is 39.4 Å². The van der Waals surface area contributed by atoms with Crippen LogP contribution in [0.25, 0.3) is 12.2 Å². The van der Waals surface area contributed by atoms with Gasteiger partial charge in [0.25, 0.3) is 5.56 Å². The minimum absolute atomic E-state index is 0.0708. The lowest BCUT2D eigenvalue weighted by Crippen LogP contribution is -2.26. The second-order valence-electron chi connectivity index (χ2n) is 8.51. The highest BCUT2D eigenvalue weighted by Gasteiger charge is 2.20. The fourth-order valence-corrected chi connectivity index (χ4v) is 3.91. The molecule has 2 N–H and O–H groups in total. The zero-order chi connectivity index (χ0) is 22.9. The van der Waals surface area contributed by atoms with Crippen molar-refractivity contribution >= 4 is 23.6 Å². The van der Waals surface area contributed by atoms with Crippen LogP contribution in [0.5, 0.6) is 0 Å². The molecule has 0 aliphatic rings. The summed E-state index contributed by atoms with van der Waals surface area (Å²) in [6.45, 7) is 17.8. The summed E-state index contributed by atoms with van der Waals surface area (Å²) in [5.74, 6) is 0.195. The molecule has 0 aliphatic carbocycles. The SMILES string of the molecule is C=c1[nH]n2c(=O)c(C(C)C)c(C(C)C)nc2c1=Nc1ccc(N(CC)CCO)cc1C. The van der Waals surface area contributed by atoms with Gasteiger partial charge in [0.05, 0.1) is 23.3 Å². The lowest BCUT2D eigenvalue weighted by molar-refractivity contribution is 0.302. The van der Waals surface area contributed by atoms with E-state index in [9.17, 15) is 9.90 Å². The fourth-order valence-electron chi connectivity index (χ4n) is 3.91. The molecule has 0 aliphatic heterocycles.